The minimum absolute atomic E-state index is 0.0950. The normalized spacial score (nSPS) is 16.2. The van der Waals surface area contributed by atoms with Crippen LogP contribution in [0.3, 0.4) is 0 Å². The van der Waals surface area contributed by atoms with Gasteiger partial charge in [-0.3, -0.25) is 9.48 Å². The number of nitrogens with one attached hydrogen (secondary N) is 1. The summed E-state index contributed by atoms with van der Waals surface area (Å²) in [6, 6.07) is 16.9. The highest BCUT2D eigenvalue weighted by Gasteiger charge is 2.30. The molecule has 192 valence electrons. The topological polar surface area (TPSA) is 46.9 Å². The quantitative estimate of drug-likeness (QED) is 0.223. The third-order valence-corrected chi connectivity index (χ3v) is 7.42. The lowest BCUT2D eigenvalue weighted by molar-refractivity contribution is 0.0933. The molecular formula is C31H40FN3O. The molecule has 2 atom stereocenters. The van der Waals surface area contributed by atoms with E-state index in [-0.39, 0.29) is 23.7 Å². The van der Waals surface area contributed by atoms with E-state index in [9.17, 15) is 9.18 Å². The number of nitrogens with zero attached hydrogens (tertiary/aromatic N) is 2. The van der Waals surface area contributed by atoms with Gasteiger partial charge in [-0.1, -0.05) is 81.5 Å². The Morgan fingerprint density at radius 3 is 2.67 bits per heavy atom. The van der Waals surface area contributed by atoms with Gasteiger partial charge in [0.25, 0.3) is 5.91 Å². The molecule has 0 saturated heterocycles. The third-order valence-electron chi connectivity index (χ3n) is 7.42. The van der Waals surface area contributed by atoms with E-state index in [0.29, 0.717) is 5.69 Å². The first kappa shape index (κ1) is 26.1. The second-order valence-corrected chi connectivity index (χ2v) is 10.2. The highest BCUT2D eigenvalue weighted by Crippen LogP contribution is 2.35. The van der Waals surface area contributed by atoms with Crippen LogP contribution in [0.4, 0.5) is 4.39 Å². The molecule has 1 heterocycles. The molecule has 4 nitrogen and oxygen atoms in total. The van der Waals surface area contributed by atoms with E-state index in [1.807, 2.05) is 43.3 Å². The lowest BCUT2D eigenvalue weighted by Gasteiger charge is -2.19. The zero-order chi connectivity index (χ0) is 25.3. The van der Waals surface area contributed by atoms with Crippen LogP contribution >= 0.6 is 0 Å². The fourth-order valence-electron chi connectivity index (χ4n) is 5.50. The smallest absolute Gasteiger partial charge is 0.272 e. The average molecular weight is 490 g/mol. The molecule has 4 rings (SSSR count). The van der Waals surface area contributed by atoms with Gasteiger partial charge in [0.05, 0.1) is 6.04 Å². The molecule has 1 unspecified atom stereocenters. The van der Waals surface area contributed by atoms with Crippen molar-refractivity contribution >= 4 is 5.91 Å². The van der Waals surface area contributed by atoms with Crippen molar-refractivity contribution in [2.24, 2.45) is 0 Å². The number of halogens is 1. The maximum absolute atomic E-state index is 13.9. The molecular weight excluding hydrogens is 449 g/mol. The van der Waals surface area contributed by atoms with Crippen LogP contribution in [0.15, 0.2) is 54.6 Å². The fourth-order valence-corrected chi connectivity index (χ4v) is 5.50. The van der Waals surface area contributed by atoms with E-state index in [1.54, 1.807) is 12.1 Å². The molecule has 5 heteroatoms. The Hall–Kier alpha value is -2.95. The maximum Gasteiger partial charge on any atom is 0.272 e. The van der Waals surface area contributed by atoms with Crippen LogP contribution in [0.5, 0.6) is 0 Å². The van der Waals surface area contributed by atoms with Gasteiger partial charge >= 0.3 is 0 Å². The number of amides is 1. The number of carbonyl (C=O) groups excluding carboxylic acids is 1. The number of aromatic nitrogens is 2. The van der Waals surface area contributed by atoms with Gasteiger partial charge in [-0.25, -0.2) is 4.39 Å². The minimum Gasteiger partial charge on any atom is -0.344 e. The number of fused-ring (bicyclic) bond motifs is 1. The molecule has 1 N–H and O–H groups in total. The average Bonchev–Trinajstić information content (AvgIpc) is 3.12. The summed E-state index contributed by atoms with van der Waals surface area (Å²) in [4.78, 5) is 13.5. The number of hydrogen-bond donors (Lipinski definition) is 1. The lowest BCUT2D eigenvalue weighted by atomic mass is 9.91. The van der Waals surface area contributed by atoms with Crippen molar-refractivity contribution in [1.82, 2.24) is 15.1 Å². The Bertz CT molecular complexity index is 1120. The first-order valence-electron chi connectivity index (χ1n) is 13.8. The number of benzene rings is 2. The minimum atomic E-state index is -0.194. The van der Waals surface area contributed by atoms with Crippen LogP contribution in [0, 0.1) is 5.82 Å². The van der Waals surface area contributed by atoms with E-state index < -0.39 is 0 Å². The first-order chi connectivity index (χ1) is 17.6. The maximum atomic E-state index is 13.9. The van der Waals surface area contributed by atoms with Gasteiger partial charge in [-0.05, 0) is 62.3 Å². The predicted octanol–water partition coefficient (Wildman–Crippen LogP) is 7.54. The summed E-state index contributed by atoms with van der Waals surface area (Å²) in [6.07, 6.45) is 10.8. The van der Waals surface area contributed by atoms with E-state index >= 15 is 0 Å². The Kier molecular flexibility index (Phi) is 9.32. The molecule has 0 saturated carbocycles. The highest BCUT2D eigenvalue weighted by molar-refractivity contribution is 5.94. The first-order valence-corrected chi connectivity index (χ1v) is 13.8. The van der Waals surface area contributed by atoms with E-state index in [1.165, 1.54) is 37.4 Å². The van der Waals surface area contributed by atoms with Crippen LogP contribution in [0.1, 0.15) is 110 Å². The molecule has 1 aliphatic rings. The molecule has 0 aliphatic heterocycles. The number of aryl methyl sites for hydroxylation is 1. The number of unbranched alkanes of at least 4 members (excludes halogenated alkanes) is 4. The number of carbonyl (C=O) groups is 1. The van der Waals surface area contributed by atoms with Crippen molar-refractivity contribution in [2.45, 2.75) is 96.6 Å². The van der Waals surface area contributed by atoms with Crippen LogP contribution in [-0.4, -0.2) is 15.7 Å². The van der Waals surface area contributed by atoms with Gasteiger partial charge in [-0.2, -0.15) is 5.10 Å². The SMILES string of the molecule is CCCCCCCn1nc(C(=O)N[C@@H](C)c2ccccc2)c2c1C(Cc1cccc(F)c1)CCCC2. The molecule has 1 amide bonds. The van der Waals surface area contributed by atoms with Crippen molar-refractivity contribution in [3.63, 3.8) is 0 Å². The van der Waals surface area contributed by atoms with Gasteiger partial charge in [0.15, 0.2) is 5.69 Å². The van der Waals surface area contributed by atoms with Crippen LogP contribution in [0.25, 0.3) is 0 Å². The largest absolute Gasteiger partial charge is 0.344 e. The zero-order valence-corrected chi connectivity index (χ0v) is 21.8. The third kappa shape index (κ3) is 6.63. The Balaban J connectivity index is 1.62. The lowest BCUT2D eigenvalue weighted by Crippen LogP contribution is -2.28. The molecule has 1 aliphatic carbocycles. The second kappa shape index (κ2) is 12.8. The molecule has 0 spiro atoms. The van der Waals surface area contributed by atoms with Crippen LogP contribution < -0.4 is 5.32 Å². The monoisotopic (exact) mass is 489 g/mol. The summed E-state index contributed by atoms with van der Waals surface area (Å²) in [5, 5.41) is 8.13. The van der Waals surface area contributed by atoms with Crippen LogP contribution in [0.2, 0.25) is 0 Å². The molecule has 0 bridgehead atoms. The van der Waals surface area contributed by atoms with Crippen molar-refractivity contribution in [1.29, 1.82) is 0 Å². The van der Waals surface area contributed by atoms with E-state index in [4.69, 9.17) is 5.10 Å². The number of rotatable bonds is 11. The van der Waals surface area contributed by atoms with Gasteiger partial charge in [0.2, 0.25) is 0 Å². The summed E-state index contributed by atoms with van der Waals surface area (Å²) in [7, 11) is 0. The summed E-state index contributed by atoms with van der Waals surface area (Å²) < 4.78 is 16.1. The standard InChI is InChI=1S/C31H40FN3O/c1-3-4-5-6-12-20-35-30-26(21-24-14-13-18-27(32)22-24)17-10-11-19-28(30)29(34-35)31(36)33-23(2)25-15-8-7-9-16-25/h7-9,13-16,18,22-23,26H,3-6,10-12,17,19-21H2,1-2H3,(H,33,36)/t23-,26?/m0/s1. The molecule has 0 fully saturated rings. The summed E-state index contributed by atoms with van der Waals surface area (Å²) >= 11 is 0. The van der Waals surface area contributed by atoms with E-state index in [2.05, 4.69) is 16.9 Å². The van der Waals surface area contributed by atoms with Gasteiger partial charge in [-0.15, -0.1) is 0 Å². The Labute approximate surface area is 215 Å². The molecule has 3 aromatic rings. The summed E-state index contributed by atoms with van der Waals surface area (Å²) in [6.45, 7) is 5.07. The molecule has 0 radical (unpaired) electrons. The molecule has 36 heavy (non-hydrogen) atoms. The summed E-state index contributed by atoms with van der Waals surface area (Å²) in [5.41, 5.74) is 4.96. The molecule has 2 aromatic carbocycles. The highest BCUT2D eigenvalue weighted by atomic mass is 19.1. The van der Waals surface area contributed by atoms with Gasteiger partial charge in [0, 0.05) is 23.7 Å². The van der Waals surface area contributed by atoms with Crippen molar-refractivity contribution < 1.29 is 9.18 Å². The van der Waals surface area contributed by atoms with Gasteiger partial charge < -0.3 is 5.32 Å². The van der Waals surface area contributed by atoms with E-state index in [0.717, 1.165) is 61.8 Å². The Morgan fingerprint density at radius 2 is 1.89 bits per heavy atom. The molecule has 1 aromatic heterocycles. The second-order valence-electron chi connectivity index (χ2n) is 10.2. The number of hydrogen-bond acceptors (Lipinski definition) is 2. The zero-order valence-electron chi connectivity index (χ0n) is 21.8. The van der Waals surface area contributed by atoms with Gasteiger partial charge in [0.1, 0.15) is 5.82 Å². The predicted molar refractivity (Wildman–Crippen MR) is 144 cm³/mol. The van der Waals surface area contributed by atoms with Crippen LogP contribution in [-0.2, 0) is 19.4 Å². The fraction of sp³-hybridized carbons (Fsp3) is 0.484. The van der Waals surface area contributed by atoms with Crippen molar-refractivity contribution in [3.05, 3.63) is 88.5 Å². The van der Waals surface area contributed by atoms with Crippen molar-refractivity contribution in [3.8, 4) is 0 Å². The van der Waals surface area contributed by atoms with Crippen molar-refractivity contribution in [2.75, 3.05) is 0 Å². The Morgan fingerprint density at radius 1 is 1.08 bits per heavy atom. The summed E-state index contributed by atoms with van der Waals surface area (Å²) in [5.74, 6) is -0.0555.